The summed E-state index contributed by atoms with van der Waals surface area (Å²) in [5.41, 5.74) is 2.05. The van der Waals surface area contributed by atoms with Crippen molar-refractivity contribution in [3.63, 3.8) is 0 Å². The molecule has 0 radical (unpaired) electrons. The molecule has 0 aliphatic carbocycles. The Balaban J connectivity index is 1.67. The minimum absolute atomic E-state index is 0.0950. The number of urea groups is 1. The summed E-state index contributed by atoms with van der Waals surface area (Å²) in [5, 5.41) is 9.67. The molecule has 2 aliphatic rings. The zero-order valence-electron chi connectivity index (χ0n) is 15.5. The average Bonchev–Trinajstić information content (AvgIpc) is 2.45. The van der Waals surface area contributed by atoms with Gasteiger partial charge in [0.1, 0.15) is 0 Å². The predicted molar refractivity (Wildman–Crippen MR) is 99.9 cm³/mol. The van der Waals surface area contributed by atoms with Gasteiger partial charge < -0.3 is 10.6 Å². The van der Waals surface area contributed by atoms with Gasteiger partial charge in [-0.15, -0.1) is 0 Å². The number of imide groups is 1. The van der Waals surface area contributed by atoms with Gasteiger partial charge in [0, 0.05) is 41.5 Å². The highest BCUT2D eigenvalue weighted by atomic mass is 16.2. The summed E-state index contributed by atoms with van der Waals surface area (Å²) in [5.74, 6) is -0.212. The zero-order valence-corrected chi connectivity index (χ0v) is 15.5. The first-order valence-corrected chi connectivity index (χ1v) is 8.91. The van der Waals surface area contributed by atoms with Gasteiger partial charge in [-0.3, -0.25) is 15.0 Å². The van der Waals surface area contributed by atoms with Gasteiger partial charge in [0.25, 0.3) is 0 Å². The first-order valence-electron chi connectivity index (χ1n) is 8.91. The van der Waals surface area contributed by atoms with Crippen LogP contribution in [0.5, 0.6) is 0 Å². The van der Waals surface area contributed by atoms with Gasteiger partial charge in [-0.1, -0.05) is 0 Å². The number of nitrogens with zero attached hydrogens (tertiary/aromatic N) is 1. The summed E-state index contributed by atoms with van der Waals surface area (Å²) in [6, 6.07) is 7.90. The summed E-state index contributed by atoms with van der Waals surface area (Å²) in [4.78, 5) is 24.8. The second kappa shape index (κ2) is 6.33. The Morgan fingerprint density at radius 1 is 1.04 bits per heavy atom. The summed E-state index contributed by atoms with van der Waals surface area (Å²) in [6.45, 7) is 9.38. The minimum Gasteiger partial charge on any atom is -0.382 e. The van der Waals surface area contributed by atoms with Gasteiger partial charge in [-0.25, -0.2) is 4.79 Å². The molecule has 0 unspecified atom stereocenters. The van der Waals surface area contributed by atoms with Crippen LogP contribution in [0.1, 0.15) is 47.0 Å². The topological polar surface area (TPSA) is 73.5 Å². The lowest BCUT2D eigenvalue weighted by Gasteiger charge is -2.47. The Morgan fingerprint density at radius 2 is 1.64 bits per heavy atom. The predicted octanol–water partition coefficient (Wildman–Crippen LogP) is 2.85. The van der Waals surface area contributed by atoms with Crippen LogP contribution < -0.4 is 20.9 Å². The van der Waals surface area contributed by atoms with Crippen molar-refractivity contribution in [3.05, 3.63) is 24.3 Å². The van der Waals surface area contributed by atoms with E-state index in [-0.39, 0.29) is 23.0 Å². The Kier molecular flexibility index (Phi) is 4.49. The van der Waals surface area contributed by atoms with Crippen LogP contribution in [-0.2, 0) is 4.79 Å². The maximum Gasteiger partial charge on any atom is 0.328 e. The largest absolute Gasteiger partial charge is 0.382 e. The molecule has 1 aromatic rings. The zero-order chi connectivity index (χ0) is 18.2. The van der Waals surface area contributed by atoms with Crippen LogP contribution in [0.4, 0.5) is 16.2 Å². The van der Waals surface area contributed by atoms with Crippen molar-refractivity contribution in [2.24, 2.45) is 0 Å². The van der Waals surface area contributed by atoms with Crippen molar-refractivity contribution in [2.75, 3.05) is 16.8 Å². The third kappa shape index (κ3) is 4.31. The molecule has 0 saturated carbocycles. The van der Waals surface area contributed by atoms with Crippen molar-refractivity contribution in [2.45, 2.75) is 64.1 Å². The number of hydrogen-bond donors (Lipinski definition) is 3. The molecule has 0 bridgehead atoms. The SMILES string of the molecule is CC1(C)CC(Nc2ccc(N3CCC(=O)NC3=O)cc2)CC(C)(C)N1. The molecular weight excluding hydrogens is 316 g/mol. The third-order valence-electron chi connectivity index (χ3n) is 4.79. The average molecular weight is 344 g/mol. The van der Waals surface area contributed by atoms with E-state index in [1.165, 1.54) is 0 Å². The van der Waals surface area contributed by atoms with Crippen LogP contribution in [0.25, 0.3) is 0 Å². The normalized spacial score (nSPS) is 23.3. The molecule has 3 rings (SSSR count). The van der Waals surface area contributed by atoms with Crippen LogP contribution in [0, 0.1) is 0 Å². The third-order valence-corrected chi connectivity index (χ3v) is 4.79. The van der Waals surface area contributed by atoms with Crippen molar-refractivity contribution >= 4 is 23.3 Å². The van der Waals surface area contributed by atoms with Crippen molar-refractivity contribution in [3.8, 4) is 0 Å². The molecule has 0 atom stereocenters. The summed E-state index contributed by atoms with van der Waals surface area (Å²) >= 11 is 0. The molecule has 2 saturated heterocycles. The first kappa shape index (κ1) is 17.7. The highest BCUT2D eigenvalue weighted by molar-refractivity contribution is 6.05. The monoisotopic (exact) mass is 344 g/mol. The Hall–Kier alpha value is -2.08. The lowest BCUT2D eigenvalue weighted by atomic mass is 9.79. The second-order valence-corrected chi connectivity index (χ2v) is 8.44. The Labute approximate surface area is 149 Å². The Morgan fingerprint density at radius 3 is 2.20 bits per heavy atom. The van der Waals surface area contributed by atoms with Crippen molar-refractivity contribution in [1.29, 1.82) is 0 Å². The molecule has 136 valence electrons. The molecule has 0 spiro atoms. The van der Waals surface area contributed by atoms with Gasteiger partial charge in [0.05, 0.1) is 0 Å². The Bertz CT molecular complexity index is 651. The summed E-state index contributed by atoms with van der Waals surface area (Å²) in [6.07, 6.45) is 2.44. The first-order chi connectivity index (χ1) is 11.6. The molecule has 1 aromatic carbocycles. The molecule has 6 nitrogen and oxygen atoms in total. The quantitative estimate of drug-likeness (QED) is 0.788. The van der Waals surface area contributed by atoms with Crippen molar-refractivity contribution < 1.29 is 9.59 Å². The van der Waals surface area contributed by atoms with E-state index >= 15 is 0 Å². The minimum atomic E-state index is -0.348. The molecule has 2 fully saturated rings. The van der Waals surface area contributed by atoms with E-state index in [1.54, 1.807) is 4.90 Å². The lowest BCUT2D eigenvalue weighted by Crippen LogP contribution is -2.60. The number of carbonyl (C=O) groups is 2. The number of nitrogens with one attached hydrogen (secondary N) is 3. The van der Waals surface area contributed by atoms with Crippen LogP contribution in [0.3, 0.4) is 0 Å². The van der Waals surface area contributed by atoms with E-state index in [0.717, 1.165) is 24.2 Å². The van der Waals surface area contributed by atoms with Gasteiger partial charge in [0.15, 0.2) is 0 Å². The van der Waals surface area contributed by atoms with Crippen LogP contribution in [0.15, 0.2) is 24.3 Å². The number of hydrogen-bond acceptors (Lipinski definition) is 4. The number of amides is 3. The van der Waals surface area contributed by atoms with Crippen molar-refractivity contribution in [1.82, 2.24) is 10.6 Å². The number of benzene rings is 1. The molecule has 3 N–H and O–H groups in total. The van der Waals surface area contributed by atoms with E-state index < -0.39 is 0 Å². The fraction of sp³-hybridized carbons (Fsp3) is 0.579. The molecule has 2 heterocycles. The maximum absolute atomic E-state index is 11.9. The highest BCUT2D eigenvalue weighted by Crippen LogP contribution is 2.31. The number of piperidine rings is 1. The van der Waals surface area contributed by atoms with E-state index in [9.17, 15) is 9.59 Å². The smallest absolute Gasteiger partial charge is 0.328 e. The van der Waals surface area contributed by atoms with Gasteiger partial charge in [-0.2, -0.15) is 0 Å². The second-order valence-electron chi connectivity index (χ2n) is 8.44. The van der Waals surface area contributed by atoms with Crippen LogP contribution >= 0.6 is 0 Å². The number of rotatable bonds is 3. The molecule has 2 aliphatic heterocycles. The summed E-state index contributed by atoms with van der Waals surface area (Å²) < 4.78 is 0. The fourth-order valence-corrected chi connectivity index (χ4v) is 4.21. The van der Waals surface area contributed by atoms with Crippen LogP contribution in [-0.4, -0.2) is 35.6 Å². The maximum atomic E-state index is 11.9. The van der Waals surface area contributed by atoms with E-state index in [4.69, 9.17) is 0 Å². The standard InChI is InChI=1S/C19H28N4O2/c1-18(2)11-14(12-19(3,4)22-18)20-13-5-7-15(8-6-13)23-10-9-16(24)21-17(23)25/h5-8,14,20,22H,9-12H2,1-4H3,(H,21,24,25). The van der Waals surface area contributed by atoms with Crippen LogP contribution in [0.2, 0.25) is 0 Å². The lowest BCUT2D eigenvalue weighted by molar-refractivity contribution is -0.120. The fourth-order valence-electron chi connectivity index (χ4n) is 4.21. The van der Waals surface area contributed by atoms with Gasteiger partial charge in [0.2, 0.25) is 5.91 Å². The summed E-state index contributed by atoms with van der Waals surface area (Å²) in [7, 11) is 0. The number of anilines is 2. The molecular formula is C19H28N4O2. The molecule has 3 amide bonds. The van der Waals surface area contributed by atoms with E-state index in [2.05, 4.69) is 43.6 Å². The molecule has 25 heavy (non-hydrogen) atoms. The van der Waals surface area contributed by atoms with E-state index in [1.807, 2.05) is 24.3 Å². The molecule has 0 aromatic heterocycles. The molecule has 6 heteroatoms. The number of carbonyl (C=O) groups excluding carboxylic acids is 2. The highest BCUT2D eigenvalue weighted by Gasteiger charge is 2.37. The van der Waals surface area contributed by atoms with Gasteiger partial charge in [-0.05, 0) is 64.8 Å². The van der Waals surface area contributed by atoms with Gasteiger partial charge >= 0.3 is 6.03 Å². The van der Waals surface area contributed by atoms with E-state index in [0.29, 0.717) is 19.0 Å².